The fourth-order valence-corrected chi connectivity index (χ4v) is 5.56. The highest BCUT2D eigenvalue weighted by atomic mass is 35.5. The summed E-state index contributed by atoms with van der Waals surface area (Å²) in [6.45, 7) is 4.44. The molecular weight excluding hydrogens is 589 g/mol. The van der Waals surface area contributed by atoms with Gasteiger partial charge in [-0.25, -0.2) is 5.53 Å². The number of rotatable bonds is 7. The van der Waals surface area contributed by atoms with E-state index in [1.165, 1.54) is 0 Å². The summed E-state index contributed by atoms with van der Waals surface area (Å²) in [5.41, 5.74) is 1.72. The summed E-state index contributed by atoms with van der Waals surface area (Å²) in [4.78, 5) is 13.4. The fraction of sp³-hybridized carbons (Fsp3) is 0.667. The number of alkyl halides is 6. The Balaban J connectivity index is 0.00000280. The Morgan fingerprint density at radius 2 is 1.77 bits per heavy atom. The number of amides is 1. The zero-order chi connectivity index (χ0) is 27.7. The van der Waals surface area contributed by atoms with Crippen molar-refractivity contribution >= 4 is 37.1 Å². The molecule has 40 heavy (non-hydrogen) atoms. The first kappa shape index (κ1) is 34.2. The Bertz CT molecular complexity index is 1010. The molecule has 4 N–H and O–H groups in total. The molecule has 1 aliphatic carbocycles. The highest BCUT2D eigenvalue weighted by molar-refractivity contribution is 5.85. The highest BCUT2D eigenvalue weighted by Gasteiger charge is 2.48. The second-order valence-electron chi connectivity index (χ2n) is 10.4. The lowest BCUT2D eigenvalue weighted by Gasteiger charge is -2.39. The molecule has 0 aromatic heterocycles. The quantitative estimate of drug-likeness (QED) is 0.337. The van der Waals surface area contributed by atoms with Gasteiger partial charge in [0.1, 0.15) is 6.34 Å². The van der Waals surface area contributed by atoms with Gasteiger partial charge in [0, 0.05) is 25.2 Å². The van der Waals surface area contributed by atoms with Crippen molar-refractivity contribution in [2.75, 3.05) is 13.2 Å². The third kappa shape index (κ3) is 7.64. The van der Waals surface area contributed by atoms with Gasteiger partial charge in [0.05, 0.1) is 29.2 Å². The molecule has 2 aliphatic heterocycles. The molecule has 1 aromatic rings. The number of nitrogens with one attached hydrogen (secondary N) is 4. The molecule has 0 spiro atoms. The van der Waals surface area contributed by atoms with Gasteiger partial charge in [-0.1, -0.05) is 13.8 Å². The molecule has 0 bridgehead atoms. The monoisotopic (exact) mass is 622 g/mol. The Labute approximate surface area is 240 Å². The van der Waals surface area contributed by atoms with E-state index in [-0.39, 0.29) is 66.4 Å². The number of carbonyl (C=O) groups is 1. The number of ether oxygens (including phenoxy) is 1. The van der Waals surface area contributed by atoms with Gasteiger partial charge in [-0.05, 0) is 55.4 Å². The molecule has 2 heterocycles. The van der Waals surface area contributed by atoms with Gasteiger partial charge >= 0.3 is 12.4 Å². The first-order valence-electron chi connectivity index (χ1n) is 12.5. The van der Waals surface area contributed by atoms with E-state index in [1.807, 2.05) is 18.9 Å². The fourth-order valence-electron chi connectivity index (χ4n) is 5.56. The van der Waals surface area contributed by atoms with Crippen molar-refractivity contribution in [3.8, 4) is 0 Å². The molecule has 1 saturated heterocycles. The second kappa shape index (κ2) is 13.3. The molecule has 4 rings (SSSR count). The van der Waals surface area contributed by atoms with E-state index in [9.17, 15) is 31.1 Å². The van der Waals surface area contributed by atoms with Crippen molar-refractivity contribution in [3.63, 3.8) is 0 Å². The molecule has 1 aromatic carbocycles. The molecule has 2 fully saturated rings. The molecule has 8 nitrogen and oxygen atoms in total. The lowest BCUT2D eigenvalue weighted by atomic mass is 9.74. The number of nitrogens with zero attached hydrogens (tertiary/aromatic N) is 2. The third-order valence-corrected chi connectivity index (χ3v) is 7.77. The topological polar surface area (TPSA) is 90.0 Å². The minimum atomic E-state index is -4.95. The van der Waals surface area contributed by atoms with E-state index < -0.39 is 35.4 Å². The summed E-state index contributed by atoms with van der Waals surface area (Å²) < 4.78 is 85.0. The lowest BCUT2D eigenvalue weighted by molar-refractivity contribution is -0.143. The van der Waals surface area contributed by atoms with Crippen LogP contribution in [-0.2, 0) is 28.4 Å². The van der Waals surface area contributed by atoms with E-state index in [2.05, 4.69) is 26.8 Å². The summed E-state index contributed by atoms with van der Waals surface area (Å²) >= 11 is 0. The Kier molecular flexibility index (Phi) is 11.4. The molecule has 2 unspecified atom stereocenters. The first-order valence-corrected chi connectivity index (χ1v) is 12.5. The molecule has 228 valence electrons. The van der Waals surface area contributed by atoms with Crippen LogP contribution in [0.3, 0.4) is 0 Å². The van der Waals surface area contributed by atoms with Crippen molar-refractivity contribution in [2.24, 2.45) is 16.4 Å². The van der Waals surface area contributed by atoms with Crippen molar-refractivity contribution < 1.29 is 35.9 Å². The number of hydrogen-bond acceptors (Lipinski definition) is 7. The smallest absolute Gasteiger partial charge is 0.379 e. The van der Waals surface area contributed by atoms with Crippen LogP contribution in [0.15, 0.2) is 23.3 Å². The van der Waals surface area contributed by atoms with Crippen molar-refractivity contribution in [1.29, 1.82) is 0 Å². The summed E-state index contributed by atoms with van der Waals surface area (Å²) in [5.74, 6) is -0.465. The minimum Gasteiger partial charge on any atom is -0.379 e. The zero-order valence-electron chi connectivity index (χ0n) is 21.9. The predicted molar refractivity (Wildman–Crippen MR) is 140 cm³/mol. The van der Waals surface area contributed by atoms with Gasteiger partial charge in [-0.3, -0.25) is 9.80 Å². The van der Waals surface area contributed by atoms with Crippen LogP contribution >= 0.6 is 24.8 Å². The van der Waals surface area contributed by atoms with E-state index in [0.717, 1.165) is 6.42 Å². The maximum atomic E-state index is 13.4. The summed E-state index contributed by atoms with van der Waals surface area (Å²) in [5, 5.41) is 12.0. The van der Waals surface area contributed by atoms with Gasteiger partial charge in [0.15, 0.2) is 0 Å². The molecule has 0 radical (unpaired) electrons. The predicted octanol–water partition coefficient (Wildman–Crippen LogP) is 4.39. The highest BCUT2D eigenvalue weighted by Crippen LogP contribution is 2.45. The summed E-state index contributed by atoms with van der Waals surface area (Å²) in [6, 6.07) is 1.40. The number of hydrazone groups is 1. The number of halogens is 8. The molecule has 1 saturated carbocycles. The van der Waals surface area contributed by atoms with Gasteiger partial charge in [-0.15, -0.1) is 30.3 Å². The first-order chi connectivity index (χ1) is 17.8. The Morgan fingerprint density at radius 1 is 1.12 bits per heavy atom. The summed E-state index contributed by atoms with van der Waals surface area (Å²) in [7, 11) is 0. The van der Waals surface area contributed by atoms with E-state index in [0.29, 0.717) is 44.6 Å². The van der Waals surface area contributed by atoms with Crippen molar-refractivity contribution in [2.45, 2.75) is 76.6 Å². The Hall–Kier alpha value is -2.00. The zero-order valence-corrected chi connectivity index (χ0v) is 23.5. The van der Waals surface area contributed by atoms with Gasteiger partial charge < -0.3 is 15.4 Å². The van der Waals surface area contributed by atoms with Crippen molar-refractivity contribution in [3.05, 3.63) is 34.9 Å². The molecule has 4 atom stereocenters. The SMILES string of the molecule is CC(C)[C@]1(C(=O)NCc2cc(C(F)(F)F)cc(C(F)(F)F)c2)CC[C@@H](NC2CCOCC2N2C=NNN2)C1.Cl.Cl. The number of hydrazine groups is 2. The molecule has 3 aliphatic rings. The lowest BCUT2D eigenvalue weighted by Crippen LogP contribution is -2.60. The van der Waals surface area contributed by atoms with Crippen LogP contribution in [0.25, 0.3) is 0 Å². The largest absolute Gasteiger partial charge is 0.416 e. The third-order valence-electron chi connectivity index (χ3n) is 7.77. The van der Waals surface area contributed by atoms with Crippen LogP contribution in [-0.4, -0.2) is 48.6 Å². The van der Waals surface area contributed by atoms with Crippen LogP contribution in [0, 0.1) is 11.3 Å². The maximum absolute atomic E-state index is 13.4. The van der Waals surface area contributed by atoms with Crippen molar-refractivity contribution in [1.82, 2.24) is 26.7 Å². The van der Waals surface area contributed by atoms with Crippen LogP contribution in [0.5, 0.6) is 0 Å². The van der Waals surface area contributed by atoms with E-state index in [1.54, 1.807) is 6.34 Å². The van der Waals surface area contributed by atoms with Crippen LogP contribution < -0.4 is 21.7 Å². The molecule has 16 heteroatoms. The Morgan fingerprint density at radius 3 is 2.33 bits per heavy atom. The maximum Gasteiger partial charge on any atom is 0.416 e. The normalized spacial score (nSPS) is 26.7. The van der Waals surface area contributed by atoms with Gasteiger partial charge in [0.25, 0.3) is 0 Å². The minimum absolute atomic E-state index is 0. The number of benzene rings is 1. The van der Waals surface area contributed by atoms with Crippen LogP contribution in [0.2, 0.25) is 0 Å². The standard InChI is InChI=1S/C24H32F6N6O2.2ClH/c1-14(2)22(5-3-18(10-22)33-19-4-6-38-12-20(19)36-13-32-34-35-36)21(37)31-11-15-7-16(23(25,26)27)9-17(8-15)24(28,29)30;;/h7-9,13-14,18-20,33-35H,3-6,10-12H2,1-2H3,(H,31,37);2*1H/t18-,19?,20?,22+;;/m1../s1. The second-order valence-corrected chi connectivity index (χ2v) is 10.4. The number of hydrogen-bond donors (Lipinski definition) is 4. The van der Waals surface area contributed by atoms with E-state index >= 15 is 0 Å². The van der Waals surface area contributed by atoms with Gasteiger partial charge in [-0.2, -0.15) is 31.4 Å². The molecular formula is C24H34Cl2F6N6O2. The van der Waals surface area contributed by atoms with Crippen LogP contribution in [0.4, 0.5) is 26.3 Å². The molecule has 1 amide bonds. The average molecular weight is 623 g/mol. The van der Waals surface area contributed by atoms with Gasteiger partial charge in [0.2, 0.25) is 5.91 Å². The van der Waals surface area contributed by atoms with Crippen LogP contribution in [0.1, 0.15) is 56.2 Å². The average Bonchev–Trinajstić information content (AvgIpc) is 3.53. The number of carbonyl (C=O) groups excluding carboxylic acids is 1. The van der Waals surface area contributed by atoms with E-state index in [4.69, 9.17) is 4.74 Å². The summed E-state index contributed by atoms with van der Waals surface area (Å²) in [6.07, 6.45) is -5.76.